The number of nitrogens with one attached hydrogen (secondary N) is 2. The molecule has 0 unspecified atom stereocenters. The quantitative estimate of drug-likeness (QED) is 0.630. The van der Waals surface area contributed by atoms with Crippen LogP contribution in [0.15, 0.2) is 54.6 Å². The van der Waals surface area contributed by atoms with E-state index in [4.69, 9.17) is 4.74 Å². The number of fused-ring (bicyclic) bond motifs is 1. The largest absolute Gasteiger partial charge is 0.448 e. The van der Waals surface area contributed by atoms with E-state index in [2.05, 4.69) is 27.6 Å². The number of aromatic amines is 1. The van der Waals surface area contributed by atoms with E-state index in [1.165, 1.54) is 5.56 Å². The average Bonchev–Trinajstić information content (AvgIpc) is 3.11. The molecule has 0 aliphatic rings. The lowest BCUT2D eigenvalue weighted by Crippen LogP contribution is -2.41. The molecule has 6 nitrogen and oxygen atoms in total. The van der Waals surface area contributed by atoms with Gasteiger partial charge in [-0.15, -0.1) is 0 Å². The number of benzene rings is 2. The van der Waals surface area contributed by atoms with Crippen molar-refractivity contribution in [2.24, 2.45) is 0 Å². The first-order valence-corrected chi connectivity index (χ1v) is 9.03. The van der Waals surface area contributed by atoms with E-state index < -0.39 is 12.1 Å². The maximum absolute atomic E-state index is 12.3. The Morgan fingerprint density at radius 1 is 1.07 bits per heavy atom. The maximum Gasteiger partial charge on any atom is 0.360 e. The van der Waals surface area contributed by atoms with Crippen molar-refractivity contribution in [1.29, 1.82) is 0 Å². The van der Waals surface area contributed by atoms with Crippen LogP contribution in [0.3, 0.4) is 0 Å². The van der Waals surface area contributed by atoms with Gasteiger partial charge in [-0.1, -0.05) is 48.5 Å². The Kier molecular flexibility index (Phi) is 5.86. The second-order valence-electron chi connectivity index (χ2n) is 6.60. The molecule has 2 aromatic carbocycles. The Morgan fingerprint density at radius 3 is 2.56 bits per heavy atom. The second-order valence-corrected chi connectivity index (χ2v) is 6.60. The molecule has 1 heterocycles. The standard InChI is InChI=1S/C21H23N3O3/c1-14(12-13-16-8-4-3-5-9-16)22-20(25)15(2)27-21(26)19-17-10-6-7-11-18(17)23-24-19/h3-11,14-15H,12-13H2,1-2H3,(H,22,25)(H,23,24)/t14-,15+/m1/s1. The van der Waals surface area contributed by atoms with Gasteiger partial charge < -0.3 is 10.1 Å². The summed E-state index contributed by atoms with van der Waals surface area (Å²) < 4.78 is 5.29. The van der Waals surface area contributed by atoms with Crippen LogP contribution in [-0.4, -0.2) is 34.2 Å². The van der Waals surface area contributed by atoms with Crippen LogP contribution in [0.25, 0.3) is 10.9 Å². The predicted molar refractivity (Wildman–Crippen MR) is 103 cm³/mol. The van der Waals surface area contributed by atoms with E-state index >= 15 is 0 Å². The molecule has 3 rings (SSSR count). The van der Waals surface area contributed by atoms with Crippen molar-refractivity contribution >= 4 is 22.8 Å². The SMILES string of the molecule is C[C@H](CCc1ccccc1)NC(=O)[C@H](C)OC(=O)c1n[nH]c2ccccc12. The zero-order chi connectivity index (χ0) is 19.2. The molecule has 140 valence electrons. The van der Waals surface area contributed by atoms with Gasteiger partial charge in [0.25, 0.3) is 5.91 Å². The summed E-state index contributed by atoms with van der Waals surface area (Å²) in [5.41, 5.74) is 2.15. The van der Waals surface area contributed by atoms with Crippen LogP contribution in [0.2, 0.25) is 0 Å². The number of amides is 1. The highest BCUT2D eigenvalue weighted by Gasteiger charge is 2.23. The fourth-order valence-corrected chi connectivity index (χ4v) is 2.85. The highest BCUT2D eigenvalue weighted by molar-refractivity contribution is 6.02. The summed E-state index contributed by atoms with van der Waals surface area (Å²) in [6, 6.07) is 17.4. The Hall–Kier alpha value is -3.15. The Labute approximate surface area is 157 Å². The highest BCUT2D eigenvalue weighted by atomic mass is 16.5. The van der Waals surface area contributed by atoms with Gasteiger partial charge in [-0.25, -0.2) is 4.79 Å². The lowest BCUT2D eigenvalue weighted by atomic mass is 10.1. The van der Waals surface area contributed by atoms with Gasteiger partial charge >= 0.3 is 5.97 Å². The third kappa shape index (κ3) is 4.73. The van der Waals surface area contributed by atoms with Gasteiger partial charge in [0, 0.05) is 11.4 Å². The lowest BCUT2D eigenvalue weighted by Gasteiger charge is -2.17. The van der Waals surface area contributed by atoms with Gasteiger partial charge in [-0.05, 0) is 38.3 Å². The van der Waals surface area contributed by atoms with Gasteiger partial charge in [0.15, 0.2) is 11.8 Å². The molecule has 0 radical (unpaired) electrons. The highest BCUT2D eigenvalue weighted by Crippen LogP contribution is 2.16. The Morgan fingerprint density at radius 2 is 1.78 bits per heavy atom. The number of aryl methyl sites for hydroxylation is 1. The Bertz CT molecular complexity index is 921. The molecule has 0 fully saturated rings. The molecular formula is C21H23N3O3. The van der Waals surface area contributed by atoms with Gasteiger partial charge in [0.2, 0.25) is 0 Å². The van der Waals surface area contributed by atoms with Crippen LogP contribution >= 0.6 is 0 Å². The van der Waals surface area contributed by atoms with E-state index in [0.717, 1.165) is 18.4 Å². The van der Waals surface area contributed by atoms with Crippen molar-refractivity contribution in [2.45, 2.75) is 38.8 Å². The minimum atomic E-state index is -0.896. The number of ether oxygens (including phenoxy) is 1. The number of H-pyrrole nitrogens is 1. The molecule has 0 saturated heterocycles. The molecule has 1 amide bonds. The maximum atomic E-state index is 12.3. The van der Waals surface area contributed by atoms with Crippen LogP contribution in [0.5, 0.6) is 0 Å². The van der Waals surface area contributed by atoms with E-state index in [1.807, 2.05) is 43.3 Å². The summed E-state index contributed by atoms with van der Waals surface area (Å²) in [6.07, 6.45) is 0.781. The predicted octanol–water partition coefficient (Wildman–Crippen LogP) is 3.25. The molecule has 6 heteroatoms. The van der Waals surface area contributed by atoms with Crippen molar-refractivity contribution < 1.29 is 14.3 Å². The monoisotopic (exact) mass is 365 g/mol. The number of esters is 1. The van der Waals surface area contributed by atoms with Gasteiger partial charge in [-0.2, -0.15) is 5.10 Å². The normalized spacial score (nSPS) is 13.1. The minimum absolute atomic E-state index is 0.0231. The Balaban J connectivity index is 1.51. The van der Waals surface area contributed by atoms with E-state index in [1.54, 1.807) is 13.0 Å². The summed E-state index contributed by atoms with van der Waals surface area (Å²) in [5.74, 6) is -0.934. The van der Waals surface area contributed by atoms with Crippen molar-refractivity contribution in [3.63, 3.8) is 0 Å². The van der Waals surface area contributed by atoms with Crippen molar-refractivity contribution in [3.8, 4) is 0 Å². The zero-order valence-electron chi connectivity index (χ0n) is 15.4. The number of carbonyl (C=O) groups excluding carboxylic acids is 2. The van der Waals surface area contributed by atoms with Crippen molar-refractivity contribution in [1.82, 2.24) is 15.5 Å². The average molecular weight is 365 g/mol. The number of rotatable bonds is 7. The fourth-order valence-electron chi connectivity index (χ4n) is 2.85. The van der Waals surface area contributed by atoms with Crippen LogP contribution in [0.4, 0.5) is 0 Å². The molecular weight excluding hydrogens is 342 g/mol. The second kappa shape index (κ2) is 8.49. The van der Waals surface area contributed by atoms with Crippen LogP contribution < -0.4 is 5.32 Å². The molecule has 0 saturated carbocycles. The first kappa shape index (κ1) is 18.6. The van der Waals surface area contributed by atoms with Gasteiger partial charge in [0.1, 0.15) is 0 Å². The topological polar surface area (TPSA) is 84.1 Å². The van der Waals surface area contributed by atoms with Crippen molar-refractivity contribution in [3.05, 3.63) is 65.9 Å². The molecule has 3 aromatic rings. The van der Waals surface area contributed by atoms with Crippen LogP contribution in [0, 0.1) is 0 Å². The third-order valence-electron chi connectivity index (χ3n) is 4.41. The fraction of sp³-hybridized carbons (Fsp3) is 0.286. The molecule has 1 aromatic heterocycles. The van der Waals surface area contributed by atoms with Gasteiger partial charge in [-0.3, -0.25) is 9.89 Å². The lowest BCUT2D eigenvalue weighted by molar-refractivity contribution is -0.129. The third-order valence-corrected chi connectivity index (χ3v) is 4.41. The van der Waals surface area contributed by atoms with Gasteiger partial charge in [0.05, 0.1) is 5.52 Å². The minimum Gasteiger partial charge on any atom is -0.448 e. The zero-order valence-corrected chi connectivity index (χ0v) is 15.4. The molecule has 0 bridgehead atoms. The summed E-state index contributed by atoms with van der Waals surface area (Å²) in [7, 11) is 0. The van der Waals surface area contributed by atoms with Crippen molar-refractivity contribution in [2.75, 3.05) is 0 Å². The molecule has 0 aliphatic heterocycles. The number of carbonyl (C=O) groups is 2. The number of aromatic nitrogens is 2. The summed E-state index contributed by atoms with van der Waals surface area (Å²) in [5, 5.41) is 10.4. The van der Waals surface area contributed by atoms with E-state index in [0.29, 0.717) is 5.39 Å². The number of hydrogen-bond donors (Lipinski definition) is 2. The smallest absolute Gasteiger partial charge is 0.360 e. The number of para-hydroxylation sites is 1. The molecule has 0 spiro atoms. The molecule has 2 atom stereocenters. The first-order valence-electron chi connectivity index (χ1n) is 9.03. The van der Waals surface area contributed by atoms with Crippen LogP contribution in [-0.2, 0) is 16.0 Å². The molecule has 0 aliphatic carbocycles. The van der Waals surface area contributed by atoms with E-state index in [9.17, 15) is 9.59 Å². The first-order chi connectivity index (χ1) is 13.0. The summed E-state index contributed by atoms with van der Waals surface area (Å²) >= 11 is 0. The summed E-state index contributed by atoms with van der Waals surface area (Å²) in [4.78, 5) is 24.7. The summed E-state index contributed by atoms with van der Waals surface area (Å²) in [6.45, 7) is 3.50. The van der Waals surface area contributed by atoms with E-state index in [-0.39, 0.29) is 17.6 Å². The molecule has 2 N–H and O–H groups in total. The number of hydrogen-bond acceptors (Lipinski definition) is 4. The van der Waals surface area contributed by atoms with Crippen LogP contribution in [0.1, 0.15) is 36.3 Å². The number of nitrogens with zero attached hydrogens (tertiary/aromatic N) is 1. The molecule has 27 heavy (non-hydrogen) atoms.